The topological polar surface area (TPSA) is 50.8 Å². The van der Waals surface area contributed by atoms with Gasteiger partial charge < -0.3 is 9.47 Å². The largest absolute Gasteiger partial charge is 0.493 e. The minimum absolute atomic E-state index is 0.207. The molecular formula is C21H20N2O3. The Morgan fingerprint density at radius 2 is 1.42 bits per heavy atom. The highest BCUT2D eigenvalue weighted by atomic mass is 16.5. The number of methoxy groups -OCH3 is 2. The van der Waals surface area contributed by atoms with Gasteiger partial charge in [-0.05, 0) is 42.5 Å². The van der Waals surface area contributed by atoms with Crippen LogP contribution in [-0.4, -0.2) is 20.1 Å². The van der Waals surface area contributed by atoms with Gasteiger partial charge in [-0.2, -0.15) is 0 Å². The lowest BCUT2D eigenvalue weighted by Crippen LogP contribution is -2.36. The number of rotatable bonds is 6. The number of para-hydroxylation sites is 2. The van der Waals surface area contributed by atoms with Crippen LogP contribution in [0, 0.1) is 0 Å². The van der Waals surface area contributed by atoms with Crippen molar-refractivity contribution in [1.82, 2.24) is 0 Å². The second-order valence-corrected chi connectivity index (χ2v) is 5.52. The minimum atomic E-state index is -0.207. The van der Waals surface area contributed by atoms with Crippen LogP contribution in [0.25, 0.3) is 0 Å². The van der Waals surface area contributed by atoms with Gasteiger partial charge in [-0.15, -0.1) is 0 Å². The van der Waals surface area contributed by atoms with E-state index in [-0.39, 0.29) is 5.91 Å². The fraction of sp³-hybridized carbons (Fsp3) is 0.0952. The van der Waals surface area contributed by atoms with Crippen molar-refractivity contribution in [2.24, 2.45) is 0 Å². The molecule has 0 saturated heterocycles. The van der Waals surface area contributed by atoms with Crippen LogP contribution < -0.4 is 19.9 Å². The second kappa shape index (κ2) is 8.07. The van der Waals surface area contributed by atoms with Crippen molar-refractivity contribution < 1.29 is 14.3 Å². The van der Waals surface area contributed by atoms with Crippen LogP contribution in [0.15, 0.2) is 78.9 Å². The first-order valence-electron chi connectivity index (χ1n) is 8.16. The third kappa shape index (κ3) is 3.78. The number of nitrogens with zero attached hydrogens (tertiary/aromatic N) is 1. The maximum atomic E-state index is 13.2. The van der Waals surface area contributed by atoms with Crippen LogP contribution in [0.1, 0.15) is 10.4 Å². The van der Waals surface area contributed by atoms with Gasteiger partial charge in [0.15, 0.2) is 11.5 Å². The Kier molecular flexibility index (Phi) is 5.39. The molecule has 0 fully saturated rings. The lowest BCUT2D eigenvalue weighted by atomic mass is 10.1. The zero-order valence-corrected chi connectivity index (χ0v) is 14.7. The highest BCUT2D eigenvalue weighted by molar-refractivity contribution is 6.07. The predicted molar refractivity (Wildman–Crippen MR) is 103 cm³/mol. The molecule has 1 N–H and O–H groups in total. The highest BCUT2D eigenvalue weighted by Gasteiger charge is 2.19. The van der Waals surface area contributed by atoms with Gasteiger partial charge >= 0.3 is 0 Å². The van der Waals surface area contributed by atoms with E-state index in [1.807, 2.05) is 60.7 Å². The van der Waals surface area contributed by atoms with Crippen molar-refractivity contribution in [3.63, 3.8) is 0 Å². The molecule has 0 aromatic heterocycles. The molecule has 3 rings (SSSR count). The summed E-state index contributed by atoms with van der Waals surface area (Å²) in [6, 6.07) is 24.1. The van der Waals surface area contributed by atoms with Crippen LogP contribution in [0.4, 0.5) is 11.4 Å². The van der Waals surface area contributed by atoms with E-state index in [0.717, 1.165) is 11.4 Å². The molecule has 0 spiro atoms. The van der Waals surface area contributed by atoms with E-state index in [1.54, 1.807) is 32.4 Å². The van der Waals surface area contributed by atoms with Crippen LogP contribution in [0.2, 0.25) is 0 Å². The number of hydrogen-bond acceptors (Lipinski definition) is 4. The fourth-order valence-electron chi connectivity index (χ4n) is 2.55. The molecule has 3 aromatic carbocycles. The van der Waals surface area contributed by atoms with E-state index in [0.29, 0.717) is 17.1 Å². The van der Waals surface area contributed by atoms with Crippen molar-refractivity contribution in [2.45, 2.75) is 0 Å². The fourth-order valence-corrected chi connectivity index (χ4v) is 2.55. The molecule has 0 radical (unpaired) electrons. The summed E-state index contributed by atoms with van der Waals surface area (Å²) in [4.78, 5) is 13.2. The summed E-state index contributed by atoms with van der Waals surface area (Å²) in [7, 11) is 3.11. The Balaban J connectivity index is 1.97. The highest BCUT2D eigenvalue weighted by Crippen LogP contribution is 2.29. The first-order chi connectivity index (χ1) is 12.7. The van der Waals surface area contributed by atoms with Gasteiger partial charge in [-0.25, -0.2) is 5.01 Å². The Labute approximate surface area is 152 Å². The maximum Gasteiger partial charge on any atom is 0.277 e. The number of carbonyl (C=O) groups excluding carboxylic acids is 1. The molecule has 132 valence electrons. The summed E-state index contributed by atoms with van der Waals surface area (Å²) >= 11 is 0. The van der Waals surface area contributed by atoms with E-state index in [4.69, 9.17) is 9.47 Å². The number of anilines is 2. The molecule has 0 atom stereocenters. The van der Waals surface area contributed by atoms with Crippen LogP contribution >= 0.6 is 0 Å². The van der Waals surface area contributed by atoms with E-state index in [9.17, 15) is 4.79 Å². The summed E-state index contributed by atoms with van der Waals surface area (Å²) in [5, 5.41) is 1.51. The summed E-state index contributed by atoms with van der Waals surface area (Å²) in [5.74, 6) is 0.874. The molecule has 0 aliphatic rings. The average Bonchev–Trinajstić information content (AvgIpc) is 2.72. The average molecular weight is 348 g/mol. The molecule has 0 aliphatic heterocycles. The molecule has 26 heavy (non-hydrogen) atoms. The van der Waals surface area contributed by atoms with Gasteiger partial charge in [-0.3, -0.25) is 10.2 Å². The Morgan fingerprint density at radius 1 is 0.808 bits per heavy atom. The quantitative estimate of drug-likeness (QED) is 0.672. The van der Waals surface area contributed by atoms with Crippen molar-refractivity contribution in [2.75, 3.05) is 24.7 Å². The van der Waals surface area contributed by atoms with Crippen LogP contribution in [-0.2, 0) is 0 Å². The van der Waals surface area contributed by atoms with E-state index in [1.165, 1.54) is 5.01 Å². The Morgan fingerprint density at radius 3 is 2.04 bits per heavy atom. The van der Waals surface area contributed by atoms with Crippen LogP contribution in [0.5, 0.6) is 11.5 Å². The first-order valence-corrected chi connectivity index (χ1v) is 8.16. The molecule has 0 saturated carbocycles. The Bertz CT molecular complexity index is 867. The molecule has 0 aliphatic carbocycles. The summed E-state index contributed by atoms with van der Waals surface area (Å²) in [6.07, 6.45) is 0. The first kappa shape index (κ1) is 17.4. The van der Waals surface area contributed by atoms with Gasteiger partial charge in [0.1, 0.15) is 0 Å². The number of benzene rings is 3. The number of carbonyl (C=O) groups is 1. The molecule has 0 heterocycles. The zero-order chi connectivity index (χ0) is 18.4. The molecule has 0 unspecified atom stereocenters. The third-order valence-corrected chi connectivity index (χ3v) is 3.86. The molecule has 0 bridgehead atoms. The van der Waals surface area contributed by atoms with E-state index < -0.39 is 0 Å². The monoisotopic (exact) mass is 348 g/mol. The molecular weight excluding hydrogens is 328 g/mol. The number of hydrazine groups is 1. The normalized spacial score (nSPS) is 10.1. The summed E-state index contributed by atoms with van der Waals surface area (Å²) in [5.41, 5.74) is 5.20. The third-order valence-electron chi connectivity index (χ3n) is 3.86. The van der Waals surface area contributed by atoms with Gasteiger partial charge in [0.05, 0.1) is 25.6 Å². The summed E-state index contributed by atoms with van der Waals surface area (Å²) < 4.78 is 10.6. The summed E-state index contributed by atoms with van der Waals surface area (Å²) in [6.45, 7) is 0. The maximum absolute atomic E-state index is 13.2. The van der Waals surface area contributed by atoms with Gasteiger partial charge in [0.25, 0.3) is 5.91 Å². The number of nitrogens with one attached hydrogen (secondary N) is 1. The van der Waals surface area contributed by atoms with Crippen molar-refractivity contribution in [1.29, 1.82) is 0 Å². The molecule has 5 nitrogen and oxygen atoms in total. The zero-order valence-electron chi connectivity index (χ0n) is 14.7. The molecule has 5 heteroatoms. The standard InChI is InChI=1S/C21H20N2O3/c1-25-19-14-13-16(15-20(19)26-2)21(24)23(18-11-7-4-8-12-18)22-17-9-5-3-6-10-17/h3-15,22H,1-2H3. The van der Waals surface area contributed by atoms with Crippen LogP contribution in [0.3, 0.4) is 0 Å². The smallest absolute Gasteiger partial charge is 0.277 e. The van der Waals surface area contributed by atoms with Crippen molar-refractivity contribution in [3.8, 4) is 11.5 Å². The lowest BCUT2D eigenvalue weighted by molar-refractivity contribution is 0.0992. The lowest BCUT2D eigenvalue weighted by Gasteiger charge is -2.25. The molecule has 1 amide bonds. The van der Waals surface area contributed by atoms with Crippen molar-refractivity contribution >= 4 is 17.3 Å². The van der Waals surface area contributed by atoms with E-state index in [2.05, 4.69) is 5.43 Å². The second-order valence-electron chi connectivity index (χ2n) is 5.52. The number of ether oxygens (including phenoxy) is 2. The Hall–Kier alpha value is -3.47. The predicted octanol–water partition coefficient (Wildman–Crippen LogP) is 4.38. The minimum Gasteiger partial charge on any atom is -0.493 e. The number of amides is 1. The molecule has 3 aromatic rings. The number of hydrogen-bond donors (Lipinski definition) is 1. The van der Waals surface area contributed by atoms with Crippen molar-refractivity contribution in [3.05, 3.63) is 84.4 Å². The van der Waals surface area contributed by atoms with Gasteiger partial charge in [0, 0.05) is 5.56 Å². The van der Waals surface area contributed by atoms with E-state index >= 15 is 0 Å². The SMILES string of the molecule is COc1ccc(C(=O)N(Nc2ccccc2)c2ccccc2)cc1OC. The van der Waals surface area contributed by atoms with Gasteiger partial charge in [-0.1, -0.05) is 36.4 Å². The van der Waals surface area contributed by atoms with Gasteiger partial charge in [0.2, 0.25) is 0 Å².